The van der Waals surface area contributed by atoms with E-state index in [2.05, 4.69) is 26.0 Å². The van der Waals surface area contributed by atoms with Crippen LogP contribution in [-0.2, 0) is 0 Å². The molecule has 0 amide bonds. The Hall–Kier alpha value is -0.300. The largest absolute Gasteiger partial charge is 0.393 e. The van der Waals surface area contributed by atoms with Crippen LogP contribution in [0.4, 0.5) is 0 Å². The molecule has 0 saturated heterocycles. The molecule has 0 aromatic rings. The lowest BCUT2D eigenvalue weighted by Crippen LogP contribution is -2.52. The topological polar surface area (TPSA) is 20.2 Å². The van der Waals surface area contributed by atoms with Crippen molar-refractivity contribution in [3.63, 3.8) is 0 Å². The van der Waals surface area contributed by atoms with Crippen LogP contribution in [0, 0.1) is 34.5 Å². The maximum absolute atomic E-state index is 10.5. The van der Waals surface area contributed by atoms with Crippen LogP contribution in [0.1, 0.15) is 65.2 Å². The summed E-state index contributed by atoms with van der Waals surface area (Å²) in [6.45, 7) is 4.98. The van der Waals surface area contributed by atoms with Gasteiger partial charge in [0.2, 0.25) is 0 Å². The van der Waals surface area contributed by atoms with Gasteiger partial charge in [0.25, 0.3) is 0 Å². The zero-order chi connectivity index (χ0) is 14.0. The summed E-state index contributed by atoms with van der Waals surface area (Å²) in [5, 5.41) is 10.5. The Morgan fingerprint density at radius 3 is 2.55 bits per heavy atom. The standard InChI is InChI=1S/C19H30O/c1-18-11-4-3-5-13(18)6-7-14-15-8-9-17(20)19(15,2)12-10-16(14)18/h3-4,13-17,20H,5-12H2,1-2H3/t13-,14-,15-,16-,17+,18+,19-/m1/s1. The SMILES string of the molecule is C[C@]12CC=CC[C@@H]1CC[C@H]1[C@H]2CC[C@]2(C)[C@@H]1CC[C@@H]2O. The minimum Gasteiger partial charge on any atom is -0.393 e. The van der Waals surface area contributed by atoms with Crippen LogP contribution in [0.25, 0.3) is 0 Å². The molecule has 0 unspecified atom stereocenters. The van der Waals surface area contributed by atoms with Crippen molar-refractivity contribution < 1.29 is 5.11 Å². The average molecular weight is 274 g/mol. The monoisotopic (exact) mass is 274 g/mol. The first-order valence-electron chi connectivity index (χ1n) is 8.89. The lowest BCUT2D eigenvalue weighted by atomic mass is 9.46. The highest BCUT2D eigenvalue weighted by Crippen LogP contribution is 2.65. The fourth-order valence-corrected chi connectivity index (χ4v) is 6.81. The van der Waals surface area contributed by atoms with E-state index in [1.165, 1.54) is 44.9 Å². The molecule has 20 heavy (non-hydrogen) atoms. The summed E-state index contributed by atoms with van der Waals surface area (Å²) in [4.78, 5) is 0. The second-order valence-corrected chi connectivity index (χ2v) is 8.71. The number of hydrogen-bond donors (Lipinski definition) is 1. The van der Waals surface area contributed by atoms with E-state index in [1.807, 2.05) is 0 Å². The number of allylic oxidation sites excluding steroid dienone is 2. The molecule has 3 fully saturated rings. The molecule has 0 spiro atoms. The lowest BCUT2D eigenvalue weighted by molar-refractivity contribution is -0.108. The quantitative estimate of drug-likeness (QED) is 0.642. The van der Waals surface area contributed by atoms with Crippen molar-refractivity contribution in [2.24, 2.45) is 34.5 Å². The van der Waals surface area contributed by atoms with E-state index in [0.29, 0.717) is 5.41 Å². The van der Waals surface area contributed by atoms with Crippen molar-refractivity contribution in [1.82, 2.24) is 0 Å². The molecule has 0 aromatic heterocycles. The fourth-order valence-electron chi connectivity index (χ4n) is 6.81. The highest BCUT2D eigenvalue weighted by Gasteiger charge is 2.59. The highest BCUT2D eigenvalue weighted by atomic mass is 16.3. The Balaban J connectivity index is 1.66. The van der Waals surface area contributed by atoms with Crippen LogP contribution in [0.15, 0.2) is 12.2 Å². The molecule has 0 heterocycles. The molecule has 4 rings (SSSR count). The average Bonchev–Trinajstić information content (AvgIpc) is 2.74. The Labute approximate surface area is 123 Å². The number of rotatable bonds is 0. The van der Waals surface area contributed by atoms with Crippen molar-refractivity contribution >= 4 is 0 Å². The highest BCUT2D eigenvalue weighted by molar-refractivity contribution is 5.12. The predicted octanol–water partition coefficient (Wildman–Crippen LogP) is 4.56. The summed E-state index contributed by atoms with van der Waals surface area (Å²) < 4.78 is 0. The van der Waals surface area contributed by atoms with Crippen LogP contribution in [0.3, 0.4) is 0 Å². The smallest absolute Gasteiger partial charge is 0.0596 e. The first kappa shape index (κ1) is 13.4. The van der Waals surface area contributed by atoms with E-state index in [0.717, 1.165) is 30.1 Å². The van der Waals surface area contributed by atoms with Gasteiger partial charge in [-0.15, -0.1) is 0 Å². The summed E-state index contributed by atoms with van der Waals surface area (Å²) in [5.41, 5.74) is 0.807. The summed E-state index contributed by atoms with van der Waals surface area (Å²) in [7, 11) is 0. The summed E-state index contributed by atoms with van der Waals surface area (Å²) in [5.74, 6) is 3.57. The van der Waals surface area contributed by atoms with Crippen molar-refractivity contribution in [3.05, 3.63) is 12.2 Å². The zero-order valence-electron chi connectivity index (χ0n) is 13.1. The van der Waals surface area contributed by atoms with Crippen LogP contribution < -0.4 is 0 Å². The minimum atomic E-state index is -0.0229. The third-order valence-electron chi connectivity index (χ3n) is 8.16. The Morgan fingerprint density at radius 2 is 1.70 bits per heavy atom. The molecule has 1 nitrogen and oxygen atoms in total. The normalized spacial score (nSPS) is 57.9. The van der Waals surface area contributed by atoms with E-state index in [1.54, 1.807) is 0 Å². The van der Waals surface area contributed by atoms with Crippen LogP contribution in [0.5, 0.6) is 0 Å². The molecule has 7 atom stereocenters. The minimum absolute atomic E-state index is 0.0229. The molecule has 0 bridgehead atoms. The van der Waals surface area contributed by atoms with Gasteiger partial charge in [-0.25, -0.2) is 0 Å². The van der Waals surface area contributed by atoms with Gasteiger partial charge in [-0.3, -0.25) is 0 Å². The summed E-state index contributed by atoms with van der Waals surface area (Å²) in [6, 6.07) is 0. The first-order valence-corrected chi connectivity index (χ1v) is 8.89. The van der Waals surface area contributed by atoms with Gasteiger partial charge in [-0.1, -0.05) is 26.0 Å². The van der Waals surface area contributed by atoms with Gasteiger partial charge in [0.05, 0.1) is 6.10 Å². The maximum Gasteiger partial charge on any atom is 0.0596 e. The number of aliphatic hydroxyl groups is 1. The van der Waals surface area contributed by atoms with Crippen molar-refractivity contribution in [2.75, 3.05) is 0 Å². The van der Waals surface area contributed by atoms with Crippen LogP contribution in [0.2, 0.25) is 0 Å². The van der Waals surface area contributed by atoms with Crippen molar-refractivity contribution in [1.29, 1.82) is 0 Å². The molecule has 112 valence electrons. The second kappa shape index (κ2) is 4.35. The number of aliphatic hydroxyl groups excluding tert-OH is 1. The molecule has 3 saturated carbocycles. The van der Waals surface area contributed by atoms with Gasteiger partial charge >= 0.3 is 0 Å². The molecule has 1 N–H and O–H groups in total. The van der Waals surface area contributed by atoms with Crippen LogP contribution in [-0.4, -0.2) is 11.2 Å². The van der Waals surface area contributed by atoms with Gasteiger partial charge in [0.15, 0.2) is 0 Å². The molecule has 4 aliphatic rings. The number of fused-ring (bicyclic) bond motifs is 5. The van der Waals surface area contributed by atoms with Crippen molar-refractivity contribution in [2.45, 2.75) is 71.3 Å². The predicted molar refractivity (Wildman–Crippen MR) is 82.3 cm³/mol. The van der Waals surface area contributed by atoms with Gasteiger partial charge < -0.3 is 5.11 Å². The molecule has 0 aromatic carbocycles. The van der Waals surface area contributed by atoms with E-state index >= 15 is 0 Å². The van der Waals surface area contributed by atoms with Gasteiger partial charge in [0.1, 0.15) is 0 Å². The molecular formula is C19H30O. The second-order valence-electron chi connectivity index (χ2n) is 8.71. The Kier molecular flexibility index (Phi) is 2.91. The van der Waals surface area contributed by atoms with Crippen molar-refractivity contribution in [3.8, 4) is 0 Å². The van der Waals surface area contributed by atoms with Crippen LogP contribution >= 0.6 is 0 Å². The van der Waals surface area contributed by atoms with Gasteiger partial charge in [-0.2, -0.15) is 0 Å². The van der Waals surface area contributed by atoms with E-state index in [4.69, 9.17) is 0 Å². The van der Waals surface area contributed by atoms with E-state index in [-0.39, 0.29) is 11.5 Å². The zero-order valence-corrected chi connectivity index (χ0v) is 13.1. The number of hydrogen-bond acceptors (Lipinski definition) is 1. The third-order valence-corrected chi connectivity index (χ3v) is 8.16. The molecule has 4 aliphatic carbocycles. The molecule has 0 radical (unpaired) electrons. The third kappa shape index (κ3) is 1.59. The van der Waals surface area contributed by atoms with E-state index in [9.17, 15) is 5.11 Å². The lowest BCUT2D eigenvalue weighted by Gasteiger charge is -2.59. The fraction of sp³-hybridized carbons (Fsp3) is 0.895. The first-order chi connectivity index (χ1) is 9.56. The van der Waals surface area contributed by atoms with Gasteiger partial charge in [-0.05, 0) is 85.9 Å². The summed E-state index contributed by atoms with van der Waals surface area (Å²) >= 11 is 0. The molecular weight excluding hydrogens is 244 g/mol. The van der Waals surface area contributed by atoms with E-state index < -0.39 is 0 Å². The molecule has 0 aliphatic heterocycles. The maximum atomic E-state index is 10.5. The summed E-state index contributed by atoms with van der Waals surface area (Å²) in [6.07, 6.45) is 15.4. The Morgan fingerprint density at radius 1 is 0.900 bits per heavy atom. The molecule has 1 heteroatoms. The Bertz CT molecular complexity index is 427. The van der Waals surface area contributed by atoms with Gasteiger partial charge in [0, 0.05) is 0 Å².